The molecule has 0 aromatic rings. The summed E-state index contributed by atoms with van der Waals surface area (Å²) in [4.78, 5) is 0. The van der Waals surface area contributed by atoms with Gasteiger partial charge in [-0.15, -0.1) is 0 Å². The predicted molar refractivity (Wildman–Crippen MR) is 65.9 cm³/mol. The van der Waals surface area contributed by atoms with E-state index in [1.807, 2.05) is 0 Å². The minimum absolute atomic E-state index is 0. The van der Waals surface area contributed by atoms with Gasteiger partial charge in [0, 0.05) is 12.6 Å². The number of hydrogen-bond donors (Lipinski definition) is 2. The molecule has 0 aliphatic rings. The molecule has 0 aliphatic heterocycles. The summed E-state index contributed by atoms with van der Waals surface area (Å²) < 4.78 is 0. The molecule has 0 spiro atoms. The largest absolute Gasteiger partial charge is 1.00 e. The van der Waals surface area contributed by atoms with Crippen LogP contribution in [0.2, 0.25) is 0 Å². The molecule has 0 aromatic carbocycles. The van der Waals surface area contributed by atoms with Gasteiger partial charge in [0.25, 0.3) is 0 Å². The molecule has 1 unspecified atom stereocenters. The number of unbranched alkanes of at least 4 members (excludes halogenated alkanes) is 1. The third-order valence-corrected chi connectivity index (χ3v) is 3.11. The zero-order valence-electron chi connectivity index (χ0n) is 11.8. The summed E-state index contributed by atoms with van der Waals surface area (Å²) in [5.41, 5.74) is 11.5. The van der Waals surface area contributed by atoms with Crippen LogP contribution >= 0.6 is 0 Å². The van der Waals surface area contributed by atoms with Gasteiger partial charge in [0.05, 0.1) is 0 Å². The van der Waals surface area contributed by atoms with Gasteiger partial charge in [0.1, 0.15) is 0 Å². The summed E-state index contributed by atoms with van der Waals surface area (Å²) in [6.45, 7) is 13.4. The van der Waals surface area contributed by atoms with E-state index in [2.05, 4.69) is 48.0 Å². The van der Waals surface area contributed by atoms with Crippen LogP contribution in [0.4, 0.5) is 0 Å². The first-order chi connectivity index (χ1) is 6.34. The zero-order chi connectivity index (χ0) is 11.8. The summed E-state index contributed by atoms with van der Waals surface area (Å²) in [6.07, 6.45) is 3.32. The average molecular weight is 208 g/mol. The Morgan fingerprint density at radius 2 is 1.60 bits per heavy atom. The van der Waals surface area contributed by atoms with Crippen molar-refractivity contribution in [3.8, 4) is 0 Å². The van der Waals surface area contributed by atoms with Crippen LogP contribution in [0.3, 0.4) is 0 Å². The topological polar surface area (TPSA) is 52.0 Å². The van der Waals surface area contributed by atoms with Crippen LogP contribution in [0.25, 0.3) is 0 Å². The molecule has 0 rings (SSSR count). The van der Waals surface area contributed by atoms with E-state index in [0.717, 1.165) is 0 Å². The molecule has 4 N–H and O–H groups in total. The Morgan fingerprint density at radius 1 is 1.27 bits per heavy atom. The number of nitrogens with two attached hydrogens (primary N) is 2. The molecule has 0 amide bonds. The van der Waals surface area contributed by atoms with Gasteiger partial charge in [-0.25, -0.2) is 0 Å². The predicted octanol–water partition coefficient (Wildman–Crippen LogP) is -0.421. The molecular weight excluding hydrogens is 179 g/mol. The van der Waals surface area contributed by atoms with Crippen molar-refractivity contribution in [3.63, 3.8) is 0 Å². The molecule has 0 aromatic heterocycles. The normalized spacial score (nSPS) is 12.6. The fourth-order valence-corrected chi connectivity index (χ4v) is 0.732. The van der Waals surface area contributed by atoms with Crippen molar-refractivity contribution in [1.82, 2.24) is 0 Å². The second kappa shape index (κ2) is 11.0. The molecular formula is C12H29LiN2. The average Bonchev–Trinajstić information content (AvgIpc) is 2.16. The second-order valence-electron chi connectivity index (χ2n) is 4.63. The first kappa shape index (κ1) is 20.9. The van der Waals surface area contributed by atoms with Gasteiger partial charge in [0.2, 0.25) is 0 Å². The first-order valence-corrected chi connectivity index (χ1v) is 5.57. The van der Waals surface area contributed by atoms with Crippen LogP contribution < -0.4 is 30.3 Å². The zero-order valence-corrected chi connectivity index (χ0v) is 11.8. The maximum atomic E-state index is 5.83. The molecule has 0 bridgehead atoms. The van der Waals surface area contributed by atoms with E-state index in [4.69, 9.17) is 11.5 Å². The van der Waals surface area contributed by atoms with Gasteiger partial charge in [-0.2, -0.15) is 13.3 Å². The van der Waals surface area contributed by atoms with Crippen molar-refractivity contribution in [3.05, 3.63) is 6.42 Å². The van der Waals surface area contributed by atoms with Gasteiger partial charge in [-0.05, 0) is 11.3 Å². The molecule has 0 saturated heterocycles. The van der Waals surface area contributed by atoms with E-state index in [0.29, 0.717) is 12.5 Å². The monoisotopic (exact) mass is 208 g/mol. The second-order valence-corrected chi connectivity index (χ2v) is 4.63. The third-order valence-electron chi connectivity index (χ3n) is 3.11. The fraction of sp³-hybridized carbons (Fsp3) is 0.917. The van der Waals surface area contributed by atoms with Crippen LogP contribution in [0.1, 0.15) is 48.0 Å². The van der Waals surface area contributed by atoms with E-state index in [1.54, 1.807) is 0 Å². The van der Waals surface area contributed by atoms with Crippen LogP contribution in [-0.4, -0.2) is 12.6 Å². The summed E-state index contributed by atoms with van der Waals surface area (Å²) >= 11 is 0. The molecule has 0 radical (unpaired) electrons. The molecule has 88 valence electrons. The van der Waals surface area contributed by atoms with Crippen LogP contribution in [0.5, 0.6) is 0 Å². The van der Waals surface area contributed by atoms with Crippen molar-refractivity contribution in [2.45, 2.75) is 54.0 Å². The van der Waals surface area contributed by atoms with E-state index in [-0.39, 0.29) is 30.3 Å². The minimum atomic E-state index is 0. The standard InChI is InChI=1S/C8H20N2.C4H9.Li/c1-6(2)8(3,4)7(10)5-9;1-3-4-2;/h6-7H,5,9-10H2,1-4H3;3H,4H2,1-2H3;/q;-1;+1. The smallest absolute Gasteiger partial charge is 0.332 e. The summed E-state index contributed by atoms with van der Waals surface area (Å²) in [5.74, 6) is 0.589. The summed E-state index contributed by atoms with van der Waals surface area (Å²) in [5, 5.41) is 0. The maximum Gasteiger partial charge on any atom is 1.00 e. The number of hydrogen-bond acceptors (Lipinski definition) is 2. The van der Waals surface area contributed by atoms with Gasteiger partial charge < -0.3 is 17.9 Å². The van der Waals surface area contributed by atoms with Gasteiger partial charge >= 0.3 is 18.9 Å². The number of rotatable bonds is 4. The molecule has 0 heterocycles. The molecule has 3 heteroatoms. The molecule has 2 nitrogen and oxygen atoms in total. The van der Waals surface area contributed by atoms with Crippen molar-refractivity contribution >= 4 is 0 Å². The molecule has 0 aliphatic carbocycles. The van der Waals surface area contributed by atoms with E-state index < -0.39 is 0 Å². The third kappa shape index (κ3) is 9.45. The Morgan fingerprint density at radius 3 is 1.67 bits per heavy atom. The summed E-state index contributed by atoms with van der Waals surface area (Å²) in [6, 6.07) is 0.118. The first-order valence-electron chi connectivity index (χ1n) is 5.57. The Bertz CT molecular complexity index is 123. The van der Waals surface area contributed by atoms with Crippen LogP contribution in [0, 0.1) is 17.8 Å². The Hall–Kier alpha value is 0.517. The molecule has 1 atom stereocenters. The molecule has 0 fully saturated rings. The van der Waals surface area contributed by atoms with Gasteiger partial charge in [0.15, 0.2) is 0 Å². The molecule has 15 heavy (non-hydrogen) atoms. The van der Waals surface area contributed by atoms with Gasteiger partial charge in [-0.3, -0.25) is 0 Å². The SMILES string of the molecule is CC(C)C(C)(C)C(N)CN.C[CH-]CC.[Li+]. The Balaban J connectivity index is -0.000000249. The quantitative estimate of drug-likeness (QED) is 0.487. The fourth-order valence-electron chi connectivity index (χ4n) is 0.732. The maximum absolute atomic E-state index is 5.83. The van der Waals surface area contributed by atoms with Crippen LogP contribution in [-0.2, 0) is 0 Å². The van der Waals surface area contributed by atoms with E-state index in [9.17, 15) is 0 Å². The van der Waals surface area contributed by atoms with Gasteiger partial charge in [-0.1, -0.05) is 34.6 Å². The van der Waals surface area contributed by atoms with Crippen molar-refractivity contribution < 1.29 is 18.9 Å². The van der Waals surface area contributed by atoms with Crippen LogP contribution in [0.15, 0.2) is 0 Å². The van der Waals surface area contributed by atoms with E-state index in [1.165, 1.54) is 6.42 Å². The van der Waals surface area contributed by atoms with Crippen molar-refractivity contribution in [1.29, 1.82) is 0 Å². The van der Waals surface area contributed by atoms with E-state index >= 15 is 0 Å². The molecule has 0 saturated carbocycles. The van der Waals surface area contributed by atoms with Crippen molar-refractivity contribution in [2.24, 2.45) is 22.8 Å². The van der Waals surface area contributed by atoms with Crippen molar-refractivity contribution in [2.75, 3.05) is 6.54 Å². The summed E-state index contributed by atoms with van der Waals surface area (Å²) in [7, 11) is 0. The minimum Gasteiger partial charge on any atom is -0.332 e. The Labute approximate surface area is 109 Å². The Kier molecular flexibility index (Phi) is 15.3.